The molecular formula is C18H19N3O3. The van der Waals surface area contributed by atoms with Crippen LogP contribution in [0.5, 0.6) is 11.5 Å². The number of nitrogens with zero attached hydrogens (tertiary/aromatic N) is 1. The molecule has 0 fully saturated rings. The van der Waals surface area contributed by atoms with Crippen molar-refractivity contribution in [1.82, 2.24) is 15.5 Å². The van der Waals surface area contributed by atoms with Crippen molar-refractivity contribution >= 4 is 16.8 Å². The van der Waals surface area contributed by atoms with Gasteiger partial charge in [-0.15, -0.1) is 0 Å². The number of aromatic nitrogens is 2. The number of hydrogen-bond acceptors (Lipinski definition) is 4. The van der Waals surface area contributed by atoms with Crippen molar-refractivity contribution < 1.29 is 14.3 Å². The quantitative estimate of drug-likeness (QED) is 0.756. The molecule has 1 aromatic heterocycles. The summed E-state index contributed by atoms with van der Waals surface area (Å²) in [5.74, 6) is 1.05. The lowest BCUT2D eigenvalue weighted by Crippen LogP contribution is -2.27. The highest BCUT2D eigenvalue weighted by molar-refractivity contribution is 6.04. The molecule has 0 aliphatic heterocycles. The molecule has 124 valence electrons. The summed E-state index contributed by atoms with van der Waals surface area (Å²) in [4.78, 5) is 12.5. The van der Waals surface area contributed by atoms with Crippen LogP contribution in [0.4, 0.5) is 0 Å². The van der Waals surface area contributed by atoms with Gasteiger partial charge in [-0.05, 0) is 30.7 Å². The molecule has 0 radical (unpaired) electrons. The summed E-state index contributed by atoms with van der Waals surface area (Å²) in [5.41, 5.74) is 2.14. The van der Waals surface area contributed by atoms with Gasteiger partial charge in [0.15, 0.2) is 17.2 Å². The Morgan fingerprint density at radius 2 is 1.88 bits per heavy atom. The number of carbonyl (C=O) groups is 1. The molecule has 0 aliphatic rings. The van der Waals surface area contributed by atoms with Gasteiger partial charge in [0.2, 0.25) is 0 Å². The van der Waals surface area contributed by atoms with E-state index in [1.807, 2.05) is 49.4 Å². The molecular weight excluding hydrogens is 306 g/mol. The van der Waals surface area contributed by atoms with Crippen molar-refractivity contribution in [2.45, 2.75) is 13.0 Å². The van der Waals surface area contributed by atoms with Crippen LogP contribution in [0.1, 0.15) is 29.0 Å². The summed E-state index contributed by atoms with van der Waals surface area (Å²) in [6, 6.07) is 12.9. The number of para-hydroxylation sites is 1. The number of nitrogens with one attached hydrogen (secondary N) is 2. The number of fused-ring (bicyclic) bond motifs is 1. The fourth-order valence-corrected chi connectivity index (χ4v) is 2.61. The molecule has 2 aromatic carbocycles. The topological polar surface area (TPSA) is 76.2 Å². The number of carbonyl (C=O) groups excluding carboxylic acids is 1. The number of amides is 1. The molecule has 3 aromatic rings. The maximum Gasteiger partial charge on any atom is 0.272 e. The van der Waals surface area contributed by atoms with E-state index in [1.54, 1.807) is 14.2 Å². The minimum atomic E-state index is -0.227. The van der Waals surface area contributed by atoms with Gasteiger partial charge in [-0.25, -0.2) is 0 Å². The summed E-state index contributed by atoms with van der Waals surface area (Å²) in [6.45, 7) is 1.91. The number of aromatic amines is 1. The minimum Gasteiger partial charge on any atom is -0.493 e. The normalized spacial score (nSPS) is 12.0. The third kappa shape index (κ3) is 2.90. The first-order valence-electron chi connectivity index (χ1n) is 7.60. The first-order chi connectivity index (χ1) is 11.6. The number of H-pyrrole nitrogens is 1. The Hall–Kier alpha value is -3.02. The maximum absolute atomic E-state index is 12.5. The van der Waals surface area contributed by atoms with Crippen LogP contribution >= 0.6 is 0 Å². The molecule has 0 saturated heterocycles. The van der Waals surface area contributed by atoms with Gasteiger partial charge in [0, 0.05) is 5.39 Å². The molecule has 1 heterocycles. The van der Waals surface area contributed by atoms with E-state index in [2.05, 4.69) is 15.5 Å². The van der Waals surface area contributed by atoms with E-state index in [4.69, 9.17) is 9.47 Å². The van der Waals surface area contributed by atoms with Crippen LogP contribution in [0.3, 0.4) is 0 Å². The van der Waals surface area contributed by atoms with Crippen molar-refractivity contribution in [1.29, 1.82) is 0 Å². The molecule has 24 heavy (non-hydrogen) atoms. The van der Waals surface area contributed by atoms with Crippen LogP contribution in [-0.2, 0) is 0 Å². The van der Waals surface area contributed by atoms with E-state index in [0.717, 1.165) is 16.5 Å². The van der Waals surface area contributed by atoms with E-state index in [9.17, 15) is 4.79 Å². The van der Waals surface area contributed by atoms with Crippen LogP contribution in [0.2, 0.25) is 0 Å². The van der Waals surface area contributed by atoms with Gasteiger partial charge in [-0.3, -0.25) is 9.89 Å². The number of ether oxygens (including phenoxy) is 2. The highest BCUT2D eigenvalue weighted by Crippen LogP contribution is 2.30. The third-order valence-electron chi connectivity index (χ3n) is 3.94. The van der Waals surface area contributed by atoms with Crippen LogP contribution in [0.15, 0.2) is 42.5 Å². The average Bonchev–Trinajstić information content (AvgIpc) is 3.05. The fourth-order valence-electron chi connectivity index (χ4n) is 2.61. The van der Waals surface area contributed by atoms with Crippen molar-refractivity contribution in [2.24, 2.45) is 0 Å². The molecule has 6 heteroatoms. The molecule has 1 atom stereocenters. The van der Waals surface area contributed by atoms with Gasteiger partial charge in [0.25, 0.3) is 5.91 Å². The summed E-state index contributed by atoms with van der Waals surface area (Å²) >= 11 is 0. The Kier molecular flexibility index (Phi) is 4.37. The zero-order chi connectivity index (χ0) is 17.1. The first-order valence-corrected chi connectivity index (χ1v) is 7.60. The highest BCUT2D eigenvalue weighted by Gasteiger charge is 2.17. The van der Waals surface area contributed by atoms with Crippen LogP contribution in [0.25, 0.3) is 10.9 Å². The Morgan fingerprint density at radius 3 is 2.62 bits per heavy atom. The predicted octanol–water partition coefficient (Wildman–Crippen LogP) is 3.07. The predicted molar refractivity (Wildman–Crippen MR) is 91.5 cm³/mol. The summed E-state index contributed by atoms with van der Waals surface area (Å²) in [6.07, 6.45) is 0. The molecule has 0 saturated carbocycles. The lowest BCUT2D eigenvalue weighted by molar-refractivity contribution is 0.0936. The molecule has 1 amide bonds. The Bertz CT molecular complexity index is 873. The smallest absolute Gasteiger partial charge is 0.272 e. The molecule has 1 unspecified atom stereocenters. The highest BCUT2D eigenvalue weighted by atomic mass is 16.5. The monoisotopic (exact) mass is 325 g/mol. The molecule has 0 spiro atoms. The SMILES string of the molecule is COc1ccc(C(C)NC(=O)c2n[nH]c3ccccc23)cc1OC. The molecule has 6 nitrogen and oxygen atoms in total. The van der Waals surface area contributed by atoms with Crippen LogP contribution in [-0.4, -0.2) is 30.3 Å². The minimum absolute atomic E-state index is 0.201. The van der Waals surface area contributed by atoms with Crippen molar-refractivity contribution in [3.05, 3.63) is 53.7 Å². The molecule has 0 aliphatic carbocycles. The second kappa shape index (κ2) is 6.62. The van der Waals surface area contributed by atoms with Gasteiger partial charge >= 0.3 is 0 Å². The van der Waals surface area contributed by atoms with Gasteiger partial charge in [0.1, 0.15) is 0 Å². The van der Waals surface area contributed by atoms with Gasteiger partial charge in [0.05, 0.1) is 25.8 Å². The van der Waals surface area contributed by atoms with Crippen molar-refractivity contribution in [3.63, 3.8) is 0 Å². The molecule has 3 rings (SSSR count). The van der Waals surface area contributed by atoms with E-state index in [0.29, 0.717) is 17.2 Å². The van der Waals surface area contributed by atoms with E-state index in [1.165, 1.54) is 0 Å². The van der Waals surface area contributed by atoms with Crippen molar-refractivity contribution in [2.75, 3.05) is 14.2 Å². The third-order valence-corrected chi connectivity index (χ3v) is 3.94. The second-order valence-corrected chi connectivity index (χ2v) is 5.43. The summed E-state index contributed by atoms with van der Waals surface area (Å²) in [7, 11) is 3.17. The number of hydrogen-bond donors (Lipinski definition) is 2. The van der Waals surface area contributed by atoms with Crippen LogP contribution in [0, 0.1) is 0 Å². The lowest BCUT2D eigenvalue weighted by atomic mass is 10.1. The standard InChI is InChI=1S/C18H19N3O3/c1-11(12-8-9-15(23-2)16(10-12)24-3)19-18(22)17-13-6-4-5-7-14(13)20-21-17/h4-11H,1-3H3,(H,19,22)(H,20,21). The lowest BCUT2D eigenvalue weighted by Gasteiger charge is -2.16. The number of benzene rings is 2. The fraction of sp³-hybridized carbons (Fsp3) is 0.222. The van der Waals surface area contributed by atoms with Gasteiger partial charge in [-0.1, -0.05) is 24.3 Å². The largest absolute Gasteiger partial charge is 0.493 e. The Morgan fingerprint density at radius 1 is 1.12 bits per heavy atom. The second-order valence-electron chi connectivity index (χ2n) is 5.43. The van der Waals surface area contributed by atoms with Gasteiger partial charge < -0.3 is 14.8 Å². The van der Waals surface area contributed by atoms with E-state index in [-0.39, 0.29) is 11.9 Å². The summed E-state index contributed by atoms with van der Waals surface area (Å²) in [5, 5.41) is 10.8. The number of rotatable bonds is 5. The Labute approximate surface area is 139 Å². The van der Waals surface area contributed by atoms with Gasteiger partial charge in [-0.2, -0.15) is 5.10 Å². The maximum atomic E-state index is 12.5. The zero-order valence-electron chi connectivity index (χ0n) is 13.8. The molecule has 2 N–H and O–H groups in total. The zero-order valence-corrected chi connectivity index (χ0v) is 13.8. The Balaban J connectivity index is 1.81. The van der Waals surface area contributed by atoms with E-state index >= 15 is 0 Å². The van der Waals surface area contributed by atoms with Crippen LogP contribution < -0.4 is 14.8 Å². The van der Waals surface area contributed by atoms with E-state index < -0.39 is 0 Å². The molecule has 0 bridgehead atoms. The number of methoxy groups -OCH3 is 2. The summed E-state index contributed by atoms with van der Waals surface area (Å²) < 4.78 is 10.5. The first kappa shape index (κ1) is 15.9. The van der Waals surface area contributed by atoms with Crippen molar-refractivity contribution in [3.8, 4) is 11.5 Å². The average molecular weight is 325 g/mol.